The molecule has 1 unspecified atom stereocenters. The lowest BCUT2D eigenvalue weighted by Gasteiger charge is -2.25. The number of rotatable bonds is 3. The highest BCUT2D eigenvalue weighted by atomic mass is 16.2. The predicted octanol–water partition coefficient (Wildman–Crippen LogP) is 2.68. The first-order valence-corrected chi connectivity index (χ1v) is 8.07. The number of hydrogen-bond acceptors (Lipinski definition) is 2. The predicted molar refractivity (Wildman–Crippen MR) is 89.2 cm³/mol. The van der Waals surface area contributed by atoms with Crippen molar-refractivity contribution in [2.45, 2.75) is 25.4 Å². The van der Waals surface area contributed by atoms with Gasteiger partial charge in [0, 0.05) is 36.9 Å². The van der Waals surface area contributed by atoms with E-state index in [4.69, 9.17) is 0 Å². The maximum Gasteiger partial charge on any atom is 0.270 e. The number of benzene rings is 1. The van der Waals surface area contributed by atoms with Crippen molar-refractivity contribution in [1.29, 1.82) is 0 Å². The van der Waals surface area contributed by atoms with Crippen LogP contribution in [0.3, 0.4) is 0 Å². The molecule has 2 aromatic heterocycles. The number of nitrogens with zero attached hydrogens (tertiary/aromatic N) is 4. The van der Waals surface area contributed by atoms with E-state index in [2.05, 4.69) is 17.2 Å². The van der Waals surface area contributed by atoms with E-state index in [1.807, 2.05) is 51.7 Å². The lowest BCUT2D eigenvalue weighted by atomic mass is 10.2. The van der Waals surface area contributed by atoms with E-state index in [9.17, 15) is 4.79 Å². The summed E-state index contributed by atoms with van der Waals surface area (Å²) in [7, 11) is 1.97. The average Bonchev–Trinajstić information content (AvgIpc) is 3.29. The van der Waals surface area contributed by atoms with Gasteiger partial charge in [0.05, 0.1) is 12.6 Å². The highest BCUT2D eigenvalue weighted by Gasteiger charge is 2.31. The molecule has 0 aliphatic carbocycles. The molecule has 0 radical (unpaired) electrons. The number of aryl methyl sites for hydroxylation is 1. The lowest BCUT2D eigenvalue weighted by molar-refractivity contribution is 0.0712. The van der Waals surface area contributed by atoms with Crippen molar-refractivity contribution < 1.29 is 4.79 Å². The minimum absolute atomic E-state index is 0.123. The summed E-state index contributed by atoms with van der Waals surface area (Å²) in [6, 6.07) is 12.3. The van der Waals surface area contributed by atoms with Crippen LogP contribution in [-0.4, -0.2) is 37.7 Å². The Morgan fingerprint density at radius 3 is 2.96 bits per heavy atom. The molecule has 3 aromatic rings. The van der Waals surface area contributed by atoms with Crippen molar-refractivity contribution in [2.24, 2.45) is 7.05 Å². The molecule has 1 atom stereocenters. The fourth-order valence-electron chi connectivity index (χ4n) is 3.56. The second kappa shape index (κ2) is 5.57. The van der Waals surface area contributed by atoms with Gasteiger partial charge in [-0.05, 0) is 31.0 Å². The highest BCUT2D eigenvalue weighted by Crippen LogP contribution is 2.24. The van der Waals surface area contributed by atoms with Gasteiger partial charge in [-0.15, -0.1) is 0 Å². The number of para-hydroxylation sites is 1. The van der Waals surface area contributed by atoms with Crippen LogP contribution in [0.5, 0.6) is 0 Å². The van der Waals surface area contributed by atoms with E-state index in [1.54, 1.807) is 6.20 Å². The lowest BCUT2D eigenvalue weighted by Crippen LogP contribution is -2.38. The van der Waals surface area contributed by atoms with Gasteiger partial charge in [-0.1, -0.05) is 18.2 Å². The minimum atomic E-state index is 0.123. The third kappa shape index (κ3) is 2.42. The maximum absolute atomic E-state index is 13.1. The fourth-order valence-corrected chi connectivity index (χ4v) is 3.56. The second-order valence-electron chi connectivity index (χ2n) is 6.17. The summed E-state index contributed by atoms with van der Waals surface area (Å²) in [5.74, 6) is 0.123. The van der Waals surface area contributed by atoms with Gasteiger partial charge in [0.2, 0.25) is 0 Å². The van der Waals surface area contributed by atoms with Gasteiger partial charge < -0.3 is 9.47 Å². The Bertz CT molecular complexity index is 834. The molecule has 1 amide bonds. The van der Waals surface area contributed by atoms with Crippen LogP contribution in [0.2, 0.25) is 0 Å². The Kier molecular flexibility index (Phi) is 3.41. The largest absolute Gasteiger partial charge is 0.340 e. The van der Waals surface area contributed by atoms with Gasteiger partial charge in [-0.3, -0.25) is 9.48 Å². The van der Waals surface area contributed by atoms with Crippen LogP contribution >= 0.6 is 0 Å². The van der Waals surface area contributed by atoms with Gasteiger partial charge in [-0.25, -0.2) is 0 Å². The third-order valence-corrected chi connectivity index (χ3v) is 4.77. The van der Waals surface area contributed by atoms with Gasteiger partial charge in [-0.2, -0.15) is 5.10 Å². The molecule has 0 saturated carbocycles. The first-order valence-electron chi connectivity index (χ1n) is 8.07. The Balaban J connectivity index is 1.63. The van der Waals surface area contributed by atoms with Gasteiger partial charge >= 0.3 is 0 Å². The zero-order chi connectivity index (χ0) is 15.8. The zero-order valence-corrected chi connectivity index (χ0v) is 13.2. The average molecular weight is 308 g/mol. The van der Waals surface area contributed by atoms with Gasteiger partial charge in [0.1, 0.15) is 5.69 Å². The maximum atomic E-state index is 13.1. The molecule has 1 aliphatic heterocycles. The number of carbonyl (C=O) groups excluding carboxylic acids is 1. The van der Waals surface area contributed by atoms with E-state index in [0.29, 0.717) is 0 Å². The number of likely N-dealkylation sites (tertiary alicyclic amines) is 1. The minimum Gasteiger partial charge on any atom is -0.340 e. The van der Waals surface area contributed by atoms with Crippen molar-refractivity contribution in [1.82, 2.24) is 19.2 Å². The van der Waals surface area contributed by atoms with Crippen molar-refractivity contribution in [2.75, 3.05) is 6.54 Å². The summed E-state index contributed by atoms with van der Waals surface area (Å²) in [6.07, 6.45) is 5.83. The SMILES string of the molecule is Cn1c(C(=O)N2CCCC2Cn2cccn2)cc2ccccc21. The molecule has 118 valence electrons. The summed E-state index contributed by atoms with van der Waals surface area (Å²) in [5, 5.41) is 5.38. The molecule has 1 fully saturated rings. The van der Waals surface area contributed by atoms with E-state index in [0.717, 1.165) is 42.5 Å². The molecule has 5 nitrogen and oxygen atoms in total. The normalized spacial score (nSPS) is 18.0. The molecular formula is C18H20N4O. The molecule has 3 heterocycles. The number of hydrogen-bond donors (Lipinski definition) is 0. The zero-order valence-electron chi connectivity index (χ0n) is 13.2. The monoisotopic (exact) mass is 308 g/mol. The third-order valence-electron chi connectivity index (χ3n) is 4.77. The summed E-state index contributed by atoms with van der Waals surface area (Å²) in [6.45, 7) is 1.59. The topological polar surface area (TPSA) is 43.1 Å². The van der Waals surface area contributed by atoms with Crippen molar-refractivity contribution in [3.63, 3.8) is 0 Å². The molecule has 23 heavy (non-hydrogen) atoms. The summed E-state index contributed by atoms with van der Waals surface area (Å²) >= 11 is 0. The summed E-state index contributed by atoms with van der Waals surface area (Å²) in [4.78, 5) is 15.1. The fraction of sp³-hybridized carbons (Fsp3) is 0.333. The number of fused-ring (bicyclic) bond motifs is 1. The smallest absolute Gasteiger partial charge is 0.270 e. The van der Waals surface area contributed by atoms with Crippen molar-refractivity contribution >= 4 is 16.8 Å². The highest BCUT2D eigenvalue weighted by molar-refractivity contribution is 5.99. The van der Waals surface area contributed by atoms with E-state index in [1.165, 1.54) is 0 Å². The first-order chi connectivity index (χ1) is 11.2. The number of amides is 1. The molecule has 0 N–H and O–H groups in total. The Hall–Kier alpha value is -2.56. The van der Waals surface area contributed by atoms with Crippen LogP contribution in [0.25, 0.3) is 10.9 Å². The van der Waals surface area contributed by atoms with Crippen LogP contribution in [0.15, 0.2) is 48.8 Å². The van der Waals surface area contributed by atoms with Crippen LogP contribution in [0.4, 0.5) is 0 Å². The number of aromatic nitrogens is 3. The summed E-state index contributed by atoms with van der Waals surface area (Å²) < 4.78 is 3.92. The molecule has 4 rings (SSSR count). The Morgan fingerprint density at radius 1 is 1.30 bits per heavy atom. The van der Waals surface area contributed by atoms with Crippen LogP contribution in [0, 0.1) is 0 Å². The van der Waals surface area contributed by atoms with E-state index < -0.39 is 0 Å². The first kappa shape index (κ1) is 14.1. The quantitative estimate of drug-likeness (QED) is 0.746. The second-order valence-corrected chi connectivity index (χ2v) is 6.17. The van der Waals surface area contributed by atoms with E-state index in [-0.39, 0.29) is 11.9 Å². The van der Waals surface area contributed by atoms with Crippen molar-refractivity contribution in [3.8, 4) is 0 Å². The van der Waals surface area contributed by atoms with Crippen LogP contribution in [0.1, 0.15) is 23.3 Å². The molecule has 1 saturated heterocycles. The molecule has 5 heteroatoms. The van der Waals surface area contributed by atoms with Gasteiger partial charge in [0.15, 0.2) is 0 Å². The van der Waals surface area contributed by atoms with Crippen molar-refractivity contribution in [3.05, 3.63) is 54.5 Å². The Morgan fingerprint density at radius 2 is 2.17 bits per heavy atom. The van der Waals surface area contributed by atoms with Crippen LogP contribution in [-0.2, 0) is 13.6 Å². The summed E-state index contributed by atoms with van der Waals surface area (Å²) in [5.41, 5.74) is 1.86. The molecule has 0 spiro atoms. The molecule has 1 aliphatic rings. The molecule has 0 bridgehead atoms. The Labute approximate surface area is 135 Å². The molecule has 1 aromatic carbocycles. The standard InChI is InChI=1S/C18H20N4O/c1-20-16-8-3-2-6-14(16)12-17(20)18(23)22-11-4-7-15(22)13-21-10-5-9-19-21/h2-3,5-6,8-10,12,15H,4,7,11,13H2,1H3. The number of carbonyl (C=O) groups is 1. The van der Waals surface area contributed by atoms with Gasteiger partial charge in [0.25, 0.3) is 5.91 Å². The van der Waals surface area contributed by atoms with Crippen LogP contribution < -0.4 is 0 Å². The van der Waals surface area contributed by atoms with E-state index >= 15 is 0 Å². The molecular weight excluding hydrogens is 288 g/mol.